The highest BCUT2D eigenvalue weighted by atomic mass is 79.9. The highest BCUT2D eigenvalue weighted by Crippen LogP contribution is 2.21. The summed E-state index contributed by atoms with van der Waals surface area (Å²) in [5.41, 5.74) is 9.86. The van der Waals surface area contributed by atoms with E-state index in [2.05, 4.69) is 37.6 Å². The monoisotopic (exact) mass is 315 g/mol. The van der Waals surface area contributed by atoms with Crippen molar-refractivity contribution in [2.24, 2.45) is 0 Å². The van der Waals surface area contributed by atoms with E-state index in [9.17, 15) is 0 Å². The number of halogens is 1. The molecule has 0 bridgehead atoms. The van der Waals surface area contributed by atoms with Crippen molar-refractivity contribution in [3.63, 3.8) is 0 Å². The van der Waals surface area contributed by atoms with Crippen molar-refractivity contribution in [2.45, 2.75) is 13.5 Å². The summed E-state index contributed by atoms with van der Waals surface area (Å²) in [7, 11) is 0. The lowest BCUT2D eigenvalue weighted by Gasteiger charge is -2.07. The zero-order chi connectivity index (χ0) is 13.4. The fourth-order valence-corrected chi connectivity index (χ4v) is 2.73. The molecule has 0 fully saturated rings. The first kappa shape index (κ1) is 12.2. The molecule has 0 aliphatic rings. The van der Waals surface area contributed by atoms with Crippen LogP contribution in [-0.2, 0) is 6.54 Å². The third kappa shape index (κ3) is 2.36. The van der Waals surface area contributed by atoms with Crippen molar-refractivity contribution < 1.29 is 0 Å². The number of aromatic nitrogens is 2. The number of nitrogens with zero attached hydrogens (tertiary/aromatic N) is 2. The highest BCUT2D eigenvalue weighted by Gasteiger charge is 2.08. The molecule has 19 heavy (non-hydrogen) atoms. The molecular formula is C15H14BrN3. The van der Waals surface area contributed by atoms with E-state index in [1.165, 1.54) is 5.56 Å². The van der Waals surface area contributed by atoms with Gasteiger partial charge in [0.05, 0.1) is 11.0 Å². The van der Waals surface area contributed by atoms with Crippen LogP contribution in [0.15, 0.2) is 46.9 Å². The van der Waals surface area contributed by atoms with E-state index in [0.717, 1.165) is 33.6 Å². The predicted octanol–water partition coefficient (Wildman–Crippen LogP) is 3.74. The molecule has 3 rings (SSSR count). The minimum Gasteiger partial charge on any atom is -0.399 e. The molecule has 0 saturated carbocycles. The Hall–Kier alpha value is -1.81. The molecule has 0 aliphatic heterocycles. The molecular weight excluding hydrogens is 302 g/mol. The minimum absolute atomic E-state index is 0.750. The summed E-state index contributed by atoms with van der Waals surface area (Å²) in [6.45, 7) is 2.83. The van der Waals surface area contributed by atoms with E-state index >= 15 is 0 Å². The first-order valence-electron chi connectivity index (χ1n) is 6.10. The van der Waals surface area contributed by atoms with E-state index in [1.807, 2.05) is 37.3 Å². The molecule has 4 heteroatoms. The zero-order valence-electron chi connectivity index (χ0n) is 10.6. The average molecular weight is 316 g/mol. The number of hydrogen-bond donors (Lipinski definition) is 1. The zero-order valence-corrected chi connectivity index (χ0v) is 12.2. The normalized spacial score (nSPS) is 11.1. The van der Waals surface area contributed by atoms with Crippen LogP contribution in [0, 0.1) is 6.92 Å². The quantitative estimate of drug-likeness (QED) is 0.732. The largest absolute Gasteiger partial charge is 0.399 e. The fourth-order valence-electron chi connectivity index (χ4n) is 2.28. The van der Waals surface area contributed by atoms with Gasteiger partial charge in [-0.1, -0.05) is 28.1 Å². The van der Waals surface area contributed by atoms with Gasteiger partial charge >= 0.3 is 0 Å². The van der Waals surface area contributed by atoms with Gasteiger partial charge in [-0.15, -0.1) is 0 Å². The lowest BCUT2D eigenvalue weighted by molar-refractivity contribution is 0.785. The number of rotatable bonds is 2. The van der Waals surface area contributed by atoms with Crippen LogP contribution in [0.1, 0.15) is 11.4 Å². The minimum atomic E-state index is 0.750. The Balaban J connectivity index is 2.07. The van der Waals surface area contributed by atoms with Crippen molar-refractivity contribution in [3.05, 3.63) is 58.3 Å². The topological polar surface area (TPSA) is 43.8 Å². The third-order valence-corrected chi connectivity index (χ3v) is 3.69. The molecule has 2 N–H and O–H groups in total. The standard InChI is InChI=1S/C15H14BrN3/c1-10-18-14-8-13(17)5-6-15(14)19(10)9-11-3-2-4-12(16)7-11/h2-8H,9,17H2,1H3. The molecule has 1 heterocycles. The Morgan fingerprint density at radius 2 is 2.05 bits per heavy atom. The number of nitrogens with two attached hydrogens (primary N) is 1. The molecule has 2 aromatic carbocycles. The number of benzene rings is 2. The molecule has 3 nitrogen and oxygen atoms in total. The summed E-state index contributed by atoms with van der Waals surface area (Å²) in [6.07, 6.45) is 0. The smallest absolute Gasteiger partial charge is 0.107 e. The first-order chi connectivity index (χ1) is 9.13. The second kappa shape index (κ2) is 4.70. The van der Waals surface area contributed by atoms with Crippen LogP contribution in [0.5, 0.6) is 0 Å². The molecule has 0 radical (unpaired) electrons. The average Bonchev–Trinajstić information content (AvgIpc) is 2.65. The van der Waals surface area contributed by atoms with Gasteiger partial charge in [0.25, 0.3) is 0 Å². The number of imidazole rings is 1. The molecule has 0 saturated heterocycles. The van der Waals surface area contributed by atoms with Crippen LogP contribution in [0.2, 0.25) is 0 Å². The van der Waals surface area contributed by atoms with Gasteiger partial charge in [0.1, 0.15) is 5.82 Å². The van der Waals surface area contributed by atoms with Gasteiger partial charge < -0.3 is 10.3 Å². The predicted molar refractivity (Wildman–Crippen MR) is 82.1 cm³/mol. The SMILES string of the molecule is Cc1nc2cc(N)ccc2n1Cc1cccc(Br)c1. The van der Waals surface area contributed by atoms with Crippen LogP contribution >= 0.6 is 15.9 Å². The molecule has 0 aliphatic carbocycles. The first-order valence-corrected chi connectivity index (χ1v) is 6.89. The van der Waals surface area contributed by atoms with Crippen molar-refractivity contribution in [1.29, 1.82) is 0 Å². The lowest BCUT2D eigenvalue weighted by atomic mass is 10.2. The number of nitrogen functional groups attached to an aromatic ring is 1. The second-order valence-corrected chi connectivity index (χ2v) is 5.54. The number of aryl methyl sites for hydroxylation is 1. The van der Waals surface area contributed by atoms with Crippen LogP contribution in [0.3, 0.4) is 0 Å². The van der Waals surface area contributed by atoms with Gasteiger partial charge in [-0.25, -0.2) is 4.98 Å². The summed E-state index contributed by atoms with van der Waals surface area (Å²) in [6, 6.07) is 14.2. The lowest BCUT2D eigenvalue weighted by Crippen LogP contribution is -2.01. The Morgan fingerprint density at radius 3 is 2.84 bits per heavy atom. The maximum absolute atomic E-state index is 5.80. The number of anilines is 1. The van der Waals surface area contributed by atoms with Gasteiger partial charge in [0, 0.05) is 16.7 Å². The van der Waals surface area contributed by atoms with Crippen LogP contribution in [0.25, 0.3) is 11.0 Å². The van der Waals surface area contributed by atoms with Crippen LogP contribution in [0.4, 0.5) is 5.69 Å². The van der Waals surface area contributed by atoms with Gasteiger partial charge in [-0.05, 0) is 42.8 Å². The van der Waals surface area contributed by atoms with Crippen LogP contribution in [-0.4, -0.2) is 9.55 Å². The van der Waals surface area contributed by atoms with E-state index in [4.69, 9.17) is 5.73 Å². The van der Waals surface area contributed by atoms with Crippen LogP contribution < -0.4 is 5.73 Å². The van der Waals surface area contributed by atoms with E-state index in [0.29, 0.717) is 0 Å². The summed E-state index contributed by atoms with van der Waals surface area (Å²) >= 11 is 3.50. The molecule has 0 unspecified atom stereocenters. The summed E-state index contributed by atoms with van der Waals surface area (Å²) in [5.74, 6) is 1.00. The van der Waals surface area contributed by atoms with Crippen molar-refractivity contribution in [1.82, 2.24) is 9.55 Å². The fraction of sp³-hybridized carbons (Fsp3) is 0.133. The van der Waals surface area contributed by atoms with Crippen molar-refractivity contribution in [2.75, 3.05) is 5.73 Å². The van der Waals surface area contributed by atoms with Gasteiger partial charge in [-0.2, -0.15) is 0 Å². The molecule has 96 valence electrons. The van der Waals surface area contributed by atoms with Crippen molar-refractivity contribution in [3.8, 4) is 0 Å². The van der Waals surface area contributed by atoms with Gasteiger partial charge in [0.2, 0.25) is 0 Å². The van der Waals surface area contributed by atoms with Gasteiger partial charge in [-0.3, -0.25) is 0 Å². The second-order valence-electron chi connectivity index (χ2n) is 4.62. The summed E-state index contributed by atoms with van der Waals surface area (Å²) in [5, 5.41) is 0. The van der Waals surface area contributed by atoms with E-state index < -0.39 is 0 Å². The van der Waals surface area contributed by atoms with E-state index in [-0.39, 0.29) is 0 Å². The number of fused-ring (bicyclic) bond motifs is 1. The molecule has 1 aromatic heterocycles. The maximum atomic E-state index is 5.80. The molecule has 0 atom stereocenters. The Kier molecular flexibility index (Phi) is 3.03. The molecule has 0 spiro atoms. The number of hydrogen-bond acceptors (Lipinski definition) is 2. The third-order valence-electron chi connectivity index (χ3n) is 3.19. The molecule has 0 amide bonds. The van der Waals surface area contributed by atoms with E-state index in [1.54, 1.807) is 0 Å². The van der Waals surface area contributed by atoms with Crippen molar-refractivity contribution >= 4 is 32.7 Å². The summed E-state index contributed by atoms with van der Waals surface area (Å²) < 4.78 is 3.30. The highest BCUT2D eigenvalue weighted by molar-refractivity contribution is 9.10. The van der Waals surface area contributed by atoms with Gasteiger partial charge in [0.15, 0.2) is 0 Å². The Bertz CT molecular complexity index is 746. The maximum Gasteiger partial charge on any atom is 0.107 e. The Morgan fingerprint density at radius 1 is 1.21 bits per heavy atom. The Labute approximate surface area is 120 Å². The summed E-state index contributed by atoms with van der Waals surface area (Å²) in [4.78, 5) is 4.56. The molecule has 3 aromatic rings.